The van der Waals surface area contributed by atoms with Gasteiger partial charge < -0.3 is 10.2 Å². The first-order valence-corrected chi connectivity index (χ1v) is 6.40. The third-order valence-corrected chi connectivity index (χ3v) is 3.45. The van der Waals surface area contributed by atoms with E-state index in [1.807, 2.05) is 0 Å². The third kappa shape index (κ3) is 3.27. The SMILES string of the molecule is CN(C(=O)c1ccc(C(F)(F)F)cn1)C1CCCNC1. The standard InChI is InChI=1S/C13H16F3N3O/c1-19(10-3-2-6-17-8-10)12(20)11-5-4-9(7-18-11)13(14,15)16/h4-5,7,10,17H,2-3,6,8H2,1H3. The van der Waals surface area contributed by atoms with Gasteiger partial charge in [-0.15, -0.1) is 0 Å². The van der Waals surface area contributed by atoms with E-state index in [4.69, 9.17) is 0 Å². The van der Waals surface area contributed by atoms with Crippen LogP contribution in [0.2, 0.25) is 0 Å². The summed E-state index contributed by atoms with van der Waals surface area (Å²) in [5, 5.41) is 3.19. The van der Waals surface area contributed by atoms with Gasteiger partial charge in [-0.05, 0) is 31.5 Å². The van der Waals surface area contributed by atoms with E-state index in [2.05, 4.69) is 10.3 Å². The largest absolute Gasteiger partial charge is 0.417 e. The van der Waals surface area contributed by atoms with E-state index in [-0.39, 0.29) is 17.6 Å². The summed E-state index contributed by atoms with van der Waals surface area (Å²) < 4.78 is 37.3. The first-order chi connectivity index (χ1) is 9.39. The van der Waals surface area contributed by atoms with Crippen molar-refractivity contribution in [3.05, 3.63) is 29.6 Å². The van der Waals surface area contributed by atoms with Crippen LogP contribution in [0.25, 0.3) is 0 Å². The zero-order chi connectivity index (χ0) is 14.8. The molecule has 0 aromatic carbocycles. The molecule has 20 heavy (non-hydrogen) atoms. The summed E-state index contributed by atoms with van der Waals surface area (Å²) in [4.78, 5) is 17.3. The van der Waals surface area contributed by atoms with Crippen molar-refractivity contribution in [1.29, 1.82) is 0 Å². The van der Waals surface area contributed by atoms with E-state index in [1.165, 1.54) is 0 Å². The van der Waals surface area contributed by atoms with Crippen molar-refractivity contribution in [2.75, 3.05) is 20.1 Å². The van der Waals surface area contributed by atoms with Crippen LogP contribution >= 0.6 is 0 Å². The van der Waals surface area contributed by atoms with Crippen LogP contribution in [0.5, 0.6) is 0 Å². The average Bonchev–Trinajstić information content (AvgIpc) is 2.46. The monoisotopic (exact) mass is 287 g/mol. The Morgan fingerprint density at radius 3 is 2.70 bits per heavy atom. The first-order valence-electron chi connectivity index (χ1n) is 6.40. The second-order valence-electron chi connectivity index (χ2n) is 4.85. The highest BCUT2D eigenvalue weighted by Gasteiger charge is 2.31. The Kier molecular flexibility index (Phi) is 4.27. The molecule has 1 amide bonds. The molecule has 4 nitrogen and oxygen atoms in total. The lowest BCUT2D eigenvalue weighted by atomic mass is 10.1. The number of amides is 1. The number of hydrogen-bond acceptors (Lipinski definition) is 3. The van der Waals surface area contributed by atoms with Crippen molar-refractivity contribution in [1.82, 2.24) is 15.2 Å². The molecule has 0 saturated carbocycles. The fourth-order valence-corrected chi connectivity index (χ4v) is 2.20. The lowest BCUT2D eigenvalue weighted by Gasteiger charge is -2.31. The van der Waals surface area contributed by atoms with Crippen molar-refractivity contribution < 1.29 is 18.0 Å². The minimum Gasteiger partial charge on any atom is -0.336 e. The van der Waals surface area contributed by atoms with E-state index in [1.54, 1.807) is 11.9 Å². The Labute approximate surface area is 115 Å². The Morgan fingerprint density at radius 1 is 1.45 bits per heavy atom. The van der Waals surface area contributed by atoms with E-state index in [9.17, 15) is 18.0 Å². The number of alkyl halides is 3. The van der Waals surface area contributed by atoms with Gasteiger partial charge in [-0.2, -0.15) is 13.2 Å². The number of aromatic nitrogens is 1. The molecule has 2 rings (SSSR count). The van der Waals surface area contributed by atoms with Crippen LogP contribution in [0.4, 0.5) is 13.2 Å². The maximum atomic E-state index is 12.4. The quantitative estimate of drug-likeness (QED) is 0.904. The lowest BCUT2D eigenvalue weighted by molar-refractivity contribution is -0.137. The zero-order valence-electron chi connectivity index (χ0n) is 11.1. The number of halogens is 3. The summed E-state index contributed by atoms with van der Waals surface area (Å²) in [6.45, 7) is 1.62. The van der Waals surface area contributed by atoms with Crippen LogP contribution in [-0.4, -0.2) is 42.0 Å². The van der Waals surface area contributed by atoms with Crippen LogP contribution in [0.1, 0.15) is 28.9 Å². The predicted octanol–water partition coefficient (Wildman–Crippen LogP) is 1.92. The van der Waals surface area contributed by atoms with Crippen LogP contribution in [-0.2, 0) is 6.18 Å². The van der Waals surface area contributed by atoms with Crippen molar-refractivity contribution in [3.8, 4) is 0 Å². The number of hydrogen-bond donors (Lipinski definition) is 1. The highest BCUT2D eigenvalue weighted by atomic mass is 19.4. The highest BCUT2D eigenvalue weighted by Crippen LogP contribution is 2.28. The van der Waals surface area contributed by atoms with Crippen molar-refractivity contribution in [2.24, 2.45) is 0 Å². The van der Waals surface area contributed by atoms with Crippen LogP contribution in [0, 0.1) is 0 Å². The van der Waals surface area contributed by atoms with Gasteiger partial charge in [0.2, 0.25) is 0 Å². The smallest absolute Gasteiger partial charge is 0.336 e. The number of pyridine rings is 1. The van der Waals surface area contributed by atoms with Gasteiger partial charge in [-0.25, -0.2) is 0 Å². The second-order valence-corrected chi connectivity index (χ2v) is 4.85. The Balaban J connectivity index is 2.08. The van der Waals surface area contributed by atoms with Gasteiger partial charge in [0.25, 0.3) is 5.91 Å². The Hall–Kier alpha value is -1.63. The van der Waals surface area contributed by atoms with Gasteiger partial charge in [-0.3, -0.25) is 9.78 Å². The van der Waals surface area contributed by atoms with Gasteiger partial charge in [0.05, 0.1) is 5.56 Å². The van der Waals surface area contributed by atoms with E-state index in [0.29, 0.717) is 12.7 Å². The van der Waals surface area contributed by atoms with Gasteiger partial charge >= 0.3 is 6.18 Å². The summed E-state index contributed by atoms with van der Waals surface area (Å²) >= 11 is 0. The van der Waals surface area contributed by atoms with Gasteiger partial charge in [-0.1, -0.05) is 0 Å². The Bertz CT molecular complexity index is 467. The lowest BCUT2D eigenvalue weighted by Crippen LogP contribution is -2.46. The molecule has 0 radical (unpaired) electrons. The normalized spacial score (nSPS) is 19.7. The molecule has 1 fully saturated rings. The summed E-state index contributed by atoms with van der Waals surface area (Å²) in [7, 11) is 1.65. The molecule has 1 saturated heterocycles. The molecule has 1 aliphatic heterocycles. The zero-order valence-corrected chi connectivity index (χ0v) is 11.1. The van der Waals surface area contributed by atoms with Crippen molar-refractivity contribution in [3.63, 3.8) is 0 Å². The molecule has 0 bridgehead atoms. The topological polar surface area (TPSA) is 45.2 Å². The van der Waals surface area contributed by atoms with Gasteiger partial charge in [0.15, 0.2) is 0 Å². The molecule has 110 valence electrons. The molecule has 1 N–H and O–H groups in total. The molecule has 1 atom stereocenters. The number of nitrogens with zero attached hydrogens (tertiary/aromatic N) is 2. The molecular weight excluding hydrogens is 271 g/mol. The molecule has 1 aliphatic rings. The van der Waals surface area contributed by atoms with Crippen molar-refractivity contribution >= 4 is 5.91 Å². The molecule has 2 heterocycles. The number of carbonyl (C=O) groups is 1. The summed E-state index contributed by atoms with van der Waals surface area (Å²) in [6.07, 6.45) is -1.88. The van der Waals surface area contributed by atoms with Crippen LogP contribution in [0.3, 0.4) is 0 Å². The number of carbonyl (C=O) groups excluding carboxylic acids is 1. The fourth-order valence-electron chi connectivity index (χ4n) is 2.20. The minimum absolute atomic E-state index is 0.0334. The summed E-state index contributed by atoms with van der Waals surface area (Å²) in [5.74, 6) is -0.354. The number of rotatable bonds is 2. The minimum atomic E-state index is -4.44. The molecule has 0 spiro atoms. The second kappa shape index (κ2) is 5.78. The molecule has 7 heteroatoms. The number of nitrogens with one attached hydrogen (secondary N) is 1. The van der Waals surface area contributed by atoms with Crippen LogP contribution < -0.4 is 5.32 Å². The molecule has 1 unspecified atom stereocenters. The van der Waals surface area contributed by atoms with Gasteiger partial charge in [0.1, 0.15) is 5.69 Å². The predicted molar refractivity (Wildman–Crippen MR) is 67.2 cm³/mol. The third-order valence-electron chi connectivity index (χ3n) is 3.45. The number of likely N-dealkylation sites (N-methyl/N-ethyl adjacent to an activating group) is 1. The molecule has 1 aromatic heterocycles. The maximum absolute atomic E-state index is 12.4. The van der Waals surface area contributed by atoms with E-state index < -0.39 is 11.7 Å². The highest BCUT2D eigenvalue weighted by molar-refractivity contribution is 5.92. The van der Waals surface area contributed by atoms with E-state index in [0.717, 1.165) is 31.5 Å². The Morgan fingerprint density at radius 2 is 2.20 bits per heavy atom. The van der Waals surface area contributed by atoms with Gasteiger partial charge in [0, 0.05) is 25.8 Å². The summed E-state index contributed by atoms with van der Waals surface area (Å²) in [5.41, 5.74) is -0.817. The molecule has 0 aliphatic carbocycles. The number of piperidine rings is 1. The molecule has 1 aromatic rings. The van der Waals surface area contributed by atoms with Crippen molar-refractivity contribution in [2.45, 2.75) is 25.1 Å². The van der Waals surface area contributed by atoms with Crippen LogP contribution in [0.15, 0.2) is 18.3 Å². The maximum Gasteiger partial charge on any atom is 0.417 e. The summed E-state index contributed by atoms with van der Waals surface area (Å²) in [6, 6.07) is 2.06. The average molecular weight is 287 g/mol. The van der Waals surface area contributed by atoms with E-state index >= 15 is 0 Å². The fraction of sp³-hybridized carbons (Fsp3) is 0.538. The molecular formula is C13H16F3N3O. The first kappa shape index (κ1) is 14.8.